The van der Waals surface area contributed by atoms with Crippen molar-refractivity contribution in [2.75, 3.05) is 11.9 Å². The molecule has 0 radical (unpaired) electrons. The Morgan fingerprint density at radius 3 is 2.73 bits per heavy atom. The minimum atomic E-state index is -0.214. The maximum absolute atomic E-state index is 12.3. The van der Waals surface area contributed by atoms with Crippen molar-refractivity contribution in [3.8, 4) is 0 Å². The van der Waals surface area contributed by atoms with Crippen LogP contribution in [0, 0.1) is 0 Å². The van der Waals surface area contributed by atoms with Crippen molar-refractivity contribution in [2.45, 2.75) is 19.8 Å². The van der Waals surface area contributed by atoms with Crippen LogP contribution in [0.5, 0.6) is 0 Å². The number of hydrogen-bond acceptors (Lipinski definition) is 2. The van der Waals surface area contributed by atoms with Crippen LogP contribution in [-0.4, -0.2) is 23.3 Å². The first-order chi connectivity index (χ1) is 12.6. The lowest BCUT2D eigenvalue weighted by Crippen LogP contribution is -2.24. The quantitative estimate of drug-likeness (QED) is 0.610. The summed E-state index contributed by atoms with van der Waals surface area (Å²) in [4.78, 5) is 27.5. The van der Waals surface area contributed by atoms with E-state index in [-0.39, 0.29) is 18.2 Å². The molecular formula is C20H20ClN3O2. The van der Waals surface area contributed by atoms with E-state index in [1.54, 1.807) is 18.2 Å². The number of carbonyl (C=O) groups is 2. The van der Waals surface area contributed by atoms with Gasteiger partial charge in [-0.25, -0.2) is 0 Å². The lowest BCUT2D eigenvalue weighted by Gasteiger charge is -2.09. The van der Waals surface area contributed by atoms with Gasteiger partial charge in [0.15, 0.2) is 0 Å². The molecule has 134 valence electrons. The molecule has 0 bridgehead atoms. The molecule has 0 fully saturated rings. The molecule has 0 aliphatic rings. The van der Waals surface area contributed by atoms with Gasteiger partial charge in [0, 0.05) is 29.3 Å². The van der Waals surface area contributed by atoms with Crippen LogP contribution < -0.4 is 10.6 Å². The minimum Gasteiger partial charge on any atom is -0.361 e. The highest BCUT2D eigenvalue weighted by molar-refractivity contribution is 6.34. The fourth-order valence-corrected chi connectivity index (χ4v) is 3.03. The summed E-state index contributed by atoms with van der Waals surface area (Å²) in [6.45, 7) is 2.58. The molecule has 1 heterocycles. The zero-order valence-corrected chi connectivity index (χ0v) is 15.2. The number of nitrogens with one attached hydrogen (secondary N) is 3. The van der Waals surface area contributed by atoms with E-state index < -0.39 is 0 Å². The lowest BCUT2D eigenvalue weighted by atomic mass is 10.1. The summed E-state index contributed by atoms with van der Waals surface area (Å²) in [6, 6.07) is 12.7. The second-order valence-corrected chi connectivity index (χ2v) is 6.44. The van der Waals surface area contributed by atoms with E-state index in [0.717, 1.165) is 22.9 Å². The van der Waals surface area contributed by atoms with Gasteiger partial charge in [-0.1, -0.05) is 36.7 Å². The van der Waals surface area contributed by atoms with Crippen LogP contribution in [0.3, 0.4) is 0 Å². The molecule has 3 aromatic rings. The number of amides is 2. The van der Waals surface area contributed by atoms with Gasteiger partial charge in [-0.05, 0) is 36.2 Å². The maximum Gasteiger partial charge on any atom is 0.252 e. The van der Waals surface area contributed by atoms with E-state index in [2.05, 4.69) is 15.6 Å². The molecule has 0 aliphatic carbocycles. The second kappa shape index (κ2) is 8.06. The fraction of sp³-hybridized carbons (Fsp3) is 0.200. The monoisotopic (exact) mass is 369 g/mol. The average Bonchev–Trinajstić information content (AvgIpc) is 3.03. The summed E-state index contributed by atoms with van der Waals surface area (Å²) < 4.78 is 0. The Bertz CT molecular complexity index is 949. The van der Waals surface area contributed by atoms with Crippen molar-refractivity contribution < 1.29 is 9.59 Å². The van der Waals surface area contributed by atoms with E-state index in [4.69, 9.17) is 11.6 Å². The molecule has 3 rings (SSSR count). The summed E-state index contributed by atoms with van der Waals surface area (Å²) in [5.74, 6) is -0.359. The molecule has 3 N–H and O–H groups in total. The van der Waals surface area contributed by atoms with Gasteiger partial charge in [-0.2, -0.15) is 0 Å². The van der Waals surface area contributed by atoms with Crippen LogP contribution in [0.1, 0.15) is 29.3 Å². The summed E-state index contributed by atoms with van der Waals surface area (Å²) in [7, 11) is 0. The lowest BCUT2D eigenvalue weighted by molar-refractivity contribution is -0.115. The summed E-state index contributed by atoms with van der Waals surface area (Å²) in [5.41, 5.74) is 2.89. The Kier molecular flexibility index (Phi) is 5.58. The molecule has 26 heavy (non-hydrogen) atoms. The summed E-state index contributed by atoms with van der Waals surface area (Å²) >= 11 is 6.19. The number of aromatic nitrogens is 1. The molecule has 5 nitrogen and oxygen atoms in total. The van der Waals surface area contributed by atoms with Crippen LogP contribution in [0.25, 0.3) is 10.9 Å². The highest BCUT2D eigenvalue weighted by Gasteiger charge is 2.12. The Hall–Kier alpha value is -2.79. The van der Waals surface area contributed by atoms with Crippen molar-refractivity contribution in [1.82, 2.24) is 10.3 Å². The van der Waals surface area contributed by atoms with E-state index in [9.17, 15) is 9.59 Å². The van der Waals surface area contributed by atoms with Crippen molar-refractivity contribution in [1.29, 1.82) is 0 Å². The third kappa shape index (κ3) is 4.06. The van der Waals surface area contributed by atoms with E-state index in [0.29, 0.717) is 22.8 Å². The van der Waals surface area contributed by atoms with Gasteiger partial charge in [0.25, 0.3) is 5.91 Å². The number of carbonyl (C=O) groups excluding carboxylic acids is 2. The van der Waals surface area contributed by atoms with E-state index in [1.807, 2.05) is 37.4 Å². The first kappa shape index (κ1) is 18.0. The summed E-state index contributed by atoms with van der Waals surface area (Å²) in [5, 5.41) is 6.95. The number of aromatic amines is 1. The predicted molar refractivity (Wildman–Crippen MR) is 105 cm³/mol. The molecule has 0 saturated carbocycles. The SMILES string of the molecule is CCCNC(=O)c1ccc(NC(=O)Cc2c[nH]c3ccccc23)cc1Cl. The standard InChI is InChI=1S/C20H20ClN3O2/c1-2-9-22-20(26)16-8-7-14(11-17(16)21)24-19(25)10-13-12-23-18-6-4-3-5-15(13)18/h3-8,11-12,23H,2,9-10H2,1H3,(H,22,26)(H,24,25). The Balaban J connectivity index is 1.67. The molecule has 2 amide bonds. The van der Waals surface area contributed by atoms with E-state index >= 15 is 0 Å². The van der Waals surface area contributed by atoms with Crippen LogP contribution in [-0.2, 0) is 11.2 Å². The Morgan fingerprint density at radius 2 is 1.96 bits per heavy atom. The normalized spacial score (nSPS) is 10.7. The third-order valence-corrected chi connectivity index (χ3v) is 4.37. The minimum absolute atomic E-state index is 0.144. The topological polar surface area (TPSA) is 74.0 Å². The zero-order chi connectivity index (χ0) is 18.5. The number of para-hydroxylation sites is 1. The second-order valence-electron chi connectivity index (χ2n) is 6.03. The molecule has 6 heteroatoms. The number of hydrogen-bond donors (Lipinski definition) is 3. The van der Waals surface area contributed by atoms with Crippen LogP contribution in [0.4, 0.5) is 5.69 Å². The van der Waals surface area contributed by atoms with Gasteiger partial charge >= 0.3 is 0 Å². The van der Waals surface area contributed by atoms with Gasteiger partial charge in [-0.15, -0.1) is 0 Å². The highest BCUT2D eigenvalue weighted by Crippen LogP contribution is 2.22. The van der Waals surface area contributed by atoms with Crippen LogP contribution >= 0.6 is 11.6 Å². The molecule has 0 aliphatic heterocycles. The van der Waals surface area contributed by atoms with Crippen LogP contribution in [0.2, 0.25) is 5.02 Å². The van der Waals surface area contributed by atoms with Crippen molar-refractivity contribution in [2.24, 2.45) is 0 Å². The third-order valence-electron chi connectivity index (χ3n) is 4.06. The first-order valence-corrected chi connectivity index (χ1v) is 8.89. The molecule has 1 aromatic heterocycles. The highest BCUT2D eigenvalue weighted by atomic mass is 35.5. The molecular weight excluding hydrogens is 350 g/mol. The van der Waals surface area contributed by atoms with Gasteiger partial charge in [0.05, 0.1) is 17.0 Å². The molecule has 2 aromatic carbocycles. The number of halogens is 1. The average molecular weight is 370 g/mol. The number of benzene rings is 2. The van der Waals surface area contributed by atoms with Crippen molar-refractivity contribution >= 4 is 40.0 Å². The number of fused-ring (bicyclic) bond motifs is 1. The number of anilines is 1. The van der Waals surface area contributed by atoms with Gasteiger partial charge in [0.1, 0.15) is 0 Å². The van der Waals surface area contributed by atoms with Crippen molar-refractivity contribution in [3.63, 3.8) is 0 Å². The number of rotatable bonds is 6. The Morgan fingerprint density at radius 1 is 1.15 bits per heavy atom. The zero-order valence-electron chi connectivity index (χ0n) is 14.4. The van der Waals surface area contributed by atoms with Gasteiger partial charge < -0.3 is 15.6 Å². The molecule has 0 unspecified atom stereocenters. The predicted octanol–water partition coefficient (Wildman–Crippen LogP) is 4.14. The van der Waals surface area contributed by atoms with E-state index in [1.165, 1.54) is 0 Å². The van der Waals surface area contributed by atoms with Gasteiger partial charge in [-0.3, -0.25) is 9.59 Å². The van der Waals surface area contributed by atoms with Gasteiger partial charge in [0.2, 0.25) is 5.91 Å². The largest absolute Gasteiger partial charge is 0.361 e. The fourth-order valence-electron chi connectivity index (χ4n) is 2.77. The molecule has 0 spiro atoms. The molecule has 0 atom stereocenters. The summed E-state index contributed by atoms with van der Waals surface area (Å²) in [6.07, 6.45) is 2.95. The van der Waals surface area contributed by atoms with Crippen molar-refractivity contribution in [3.05, 3.63) is 64.8 Å². The smallest absolute Gasteiger partial charge is 0.252 e. The Labute approximate surface area is 156 Å². The number of H-pyrrole nitrogens is 1. The first-order valence-electron chi connectivity index (χ1n) is 8.51. The van der Waals surface area contributed by atoms with Crippen LogP contribution in [0.15, 0.2) is 48.7 Å². The molecule has 0 saturated heterocycles. The maximum atomic E-state index is 12.3.